The molecule has 0 saturated carbocycles. The van der Waals surface area contributed by atoms with E-state index in [4.69, 9.17) is 4.74 Å². The van der Waals surface area contributed by atoms with E-state index in [1.807, 2.05) is 93.6 Å². The van der Waals surface area contributed by atoms with Crippen LogP contribution >= 0.6 is 0 Å². The number of rotatable bonds is 7. The van der Waals surface area contributed by atoms with E-state index in [9.17, 15) is 9.59 Å². The lowest BCUT2D eigenvalue weighted by Gasteiger charge is -2.30. The van der Waals surface area contributed by atoms with Gasteiger partial charge < -0.3 is 19.9 Å². The van der Waals surface area contributed by atoms with Crippen molar-refractivity contribution in [1.29, 1.82) is 0 Å². The van der Waals surface area contributed by atoms with Crippen molar-refractivity contribution in [2.45, 2.75) is 39.3 Å². The Balaban J connectivity index is 1.88. The van der Waals surface area contributed by atoms with Gasteiger partial charge in [-0.2, -0.15) is 0 Å². The van der Waals surface area contributed by atoms with E-state index in [1.165, 1.54) is 0 Å². The van der Waals surface area contributed by atoms with Crippen molar-refractivity contribution >= 4 is 28.2 Å². The SMILES string of the molecule is COc1ccc(CN(C(=O)Cc2ccccc2)c2c(NC(C)(C)C)[nH]c(=O)c3ccccc23)cc1. The summed E-state index contributed by atoms with van der Waals surface area (Å²) in [7, 11) is 1.63. The maximum atomic E-state index is 13.9. The number of nitrogens with zero attached hydrogens (tertiary/aromatic N) is 1. The van der Waals surface area contributed by atoms with E-state index in [1.54, 1.807) is 18.1 Å². The van der Waals surface area contributed by atoms with Crippen LogP contribution in [0.4, 0.5) is 11.5 Å². The number of ether oxygens (including phenoxy) is 1. The van der Waals surface area contributed by atoms with E-state index in [0.29, 0.717) is 23.4 Å². The predicted octanol–water partition coefficient (Wildman–Crippen LogP) is 5.52. The number of H-pyrrole nitrogens is 1. The first-order valence-corrected chi connectivity index (χ1v) is 11.7. The van der Waals surface area contributed by atoms with Gasteiger partial charge in [0.05, 0.1) is 25.8 Å². The third-order valence-electron chi connectivity index (χ3n) is 5.67. The van der Waals surface area contributed by atoms with Gasteiger partial charge in [0.25, 0.3) is 5.56 Å². The number of amides is 1. The number of pyridine rings is 1. The van der Waals surface area contributed by atoms with Crippen LogP contribution < -0.4 is 20.5 Å². The van der Waals surface area contributed by atoms with Crippen LogP contribution in [0.1, 0.15) is 31.9 Å². The topological polar surface area (TPSA) is 74.4 Å². The van der Waals surface area contributed by atoms with Crippen LogP contribution in [0.15, 0.2) is 83.7 Å². The van der Waals surface area contributed by atoms with Gasteiger partial charge in [-0.1, -0.05) is 60.7 Å². The molecule has 0 aliphatic heterocycles. The van der Waals surface area contributed by atoms with Crippen LogP contribution in [-0.4, -0.2) is 23.5 Å². The highest BCUT2D eigenvalue weighted by atomic mass is 16.5. The predicted molar refractivity (Wildman–Crippen MR) is 142 cm³/mol. The first-order chi connectivity index (χ1) is 16.7. The minimum Gasteiger partial charge on any atom is -0.497 e. The van der Waals surface area contributed by atoms with Gasteiger partial charge in [-0.05, 0) is 50.1 Å². The zero-order valence-electron chi connectivity index (χ0n) is 20.6. The zero-order valence-corrected chi connectivity index (χ0v) is 20.6. The molecule has 0 fully saturated rings. The lowest BCUT2D eigenvalue weighted by molar-refractivity contribution is -0.118. The van der Waals surface area contributed by atoms with Crippen LogP contribution in [-0.2, 0) is 17.8 Å². The molecule has 2 N–H and O–H groups in total. The van der Waals surface area contributed by atoms with Crippen molar-refractivity contribution in [2.75, 3.05) is 17.3 Å². The van der Waals surface area contributed by atoms with Crippen LogP contribution in [0.25, 0.3) is 10.8 Å². The minimum absolute atomic E-state index is 0.0684. The molecule has 0 bridgehead atoms. The Kier molecular flexibility index (Phi) is 6.92. The summed E-state index contributed by atoms with van der Waals surface area (Å²) in [6, 6.07) is 24.8. The number of hydrogen-bond acceptors (Lipinski definition) is 4. The van der Waals surface area contributed by atoms with E-state index in [0.717, 1.165) is 22.3 Å². The molecule has 0 aliphatic carbocycles. The van der Waals surface area contributed by atoms with Gasteiger partial charge in [0.1, 0.15) is 11.6 Å². The molecule has 6 heteroatoms. The standard InChI is InChI=1S/C29H31N3O3/c1-29(2,3)31-27-26(23-12-8-9-13-24(23)28(34)30-27)32(19-21-14-16-22(35-4)17-15-21)25(33)18-20-10-6-5-7-11-20/h5-17H,18-19H2,1-4H3,(H2,30,31,34). The van der Waals surface area contributed by atoms with Gasteiger partial charge in [-0.25, -0.2) is 0 Å². The molecule has 0 radical (unpaired) electrons. The summed E-state index contributed by atoms with van der Waals surface area (Å²) in [6.45, 7) is 6.39. The Hall–Kier alpha value is -4.06. The molecule has 6 nitrogen and oxygen atoms in total. The fraction of sp³-hybridized carbons (Fsp3) is 0.241. The Labute approximate surface area is 205 Å². The van der Waals surface area contributed by atoms with Crippen molar-refractivity contribution in [2.24, 2.45) is 0 Å². The third kappa shape index (κ3) is 5.72. The highest BCUT2D eigenvalue weighted by Crippen LogP contribution is 2.34. The van der Waals surface area contributed by atoms with E-state index < -0.39 is 0 Å². The highest BCUT2D eigenvalue weighted by molar-refractivity contribution is 6.07. The number of nitrogens with one attached hydrogen (secondary N) is 2. The molecule has 0 aliphatic rings. The van der Waals surface area contributed by atoms with Gasteiger partial charge >= 0.3 is 0 Å². The zero-order chi connectivity index (χ0) is 25.0. The second-order valence-corrected chi connectivity index (χ2v) is 9.59. The molecular weight excluding hydrogens is 438 g/mol. The molecule has 35 heavy (non-hydrogen) atoms. The monoisotopic (exact) mass is 469 g/mol. The van der Waals surface area contributed by atoms with Crippen molar-refractivity contribution in [3.63, 3.8) is 0 Å². The first-order valence-electron chi connectivity index (χ1n) is 11.7. The summed E-state index contributed by atoms with van der Waals surface area (Å²) >= 11 is 0. The fourth-order valence-electron chi connectivity index (χ4n) is 4.08. The van der Waals surface area contributed by atoms with Crippen molar-refractivity contribution in [3.05, 3.63) is 100 Å². The molecule has 4 rings (SSSR count). The summed E-state index contributed by atoms with van der Waals surface area (Å²) in [5, 5.41) is 4.67. The average Bonchev–Trinajstić information content (AvgIpc) is 2.83. The number of fused-ring (bicyclic) bond motifs is 1. The largest absolute Gasteiger partial charge is 0.497 e. The molecule has 0 atom stereocenters. The molecule has 0 spiro atoms. The summed E-state index contributed by atoms with van der Waals surface area (Å²) in [4.78, 5) is 31.6. The summed E-state index contributed by atoms with van der Waals surface area (Å²) in [6.07, 6.45) is 0.236. The molecule has 4 aromatic rings. The van der Waals surface area contributed by atoms with E-state index in [2.05, 4.69) is 10.3 Å². The maximum absolute atomic E-state index is 13.9. The van der Waals surface area contributed by atoms with Gasteiger partial charge in [0.15, 0.2) is 0 Å². The fourth-order valence-corrected chi connectivity index (χ4v) is 4.08. The first kappa shape index (κ1) is 24.1. The van der Waals surface area contributed by atoms with Crippen molar-refractivity contribution in [3.8, 4) is 5.75 Å². The molecule has 3 aromatic carbocycles. The van der Waals surface area contributed by atoms with Gasteiger partial charge in [-0.15, -0.1) is 0 Å². The molecule has 0 saturated heterocycles. The molecule has 1 aromatic heterocycles. The van der Waals surface area contributed by atoms with Gasteiger partial charge in [0.2, 0.25) is 5.91 Å². The number of methoxy groups -OCH3 is 1. The number of aromatic nitrogens is 1. The number of hydrogen-bond donors (Lipinski definition) is 2. The van der Waals surface area contributed by atoms with E-state index in [-0.39, 0.29) is 23.4 Å². The normalized spacial score (nSPS) is 11.3. The quantitative estimate of drug-likeness (QED) is 0.374. The summed E-state index contributed by atoms with van der Waals surface area (Å²) in [5.74, 6) is 1.21. The Morgan fingerprint density at radius 2 is 1.51 bits per heavy atom. The van der Waals surface area contributed by atoms with Crippen molar-refractivity contribution < 1.29 is 9.53 Å². The third-order valence-corrected chi connectivity index (χ3v) is 5.67. The summed E-state index contributed by atoms with van der Waals surface area (Å²) < 4.78 is 5.30. The van der Waals surface area contributed by atoms with Crippen molar-refractivity contribution in [1.82, 2.24) is 4.98 Å². The van der Waals surface area contributed by atoms with Crippen LogP contribution in [0.5, 0.6) is 5.75 Å². The minimum atomic E-state index is -0.339. The van der Waals surface area contributed by atoms with Crippen LogP contribution in [0, 0.1) is 0 Å². The lowest BCUT2D eigenvalue weighted by Crippen LogP contribution is -2.35. The Bertz CT molecular complexity index is 1370. The van der Waals surface area contributed by atoms with E-state index >= 15 is 0 Å². The van der Waals surface area contributed by atoms with Crippen LogP contribution in [0.3, 0.4) is 0 Å². The number of benzene rings is 3. The second-order valence-electron chi connectivity index (χ2n) is 9.59. The molecule has 1 heterocycles. The Morgan fingerprint density at radius 1 is 0.886 bits per heavy atom. The van der Waals surface area contributed by atoms with Gasteiger partial charge in [-0.3, -0.25) is 9.59 Å². The molecular formula is C29H31N3O3. The number of aromatic amines is 1. The average molecular weight is 470 g/mol. The Morgan fingerprint density at radius 3 is 2.14 bits per heavy atom. The number of anilines is 2. The highest BCUT2D eigenvalue weighted by Gasteiger charge is 2.25. The maximum Gasteiger partial charge on any atom is 0.257 e. The van der Waals surface area contributed by atoms with Gasteiger partial charge in [0, 0.05) is 16.3 Å². The number of carbonyl (C=O) groups is 1. The smallest absolute Gasteiger partial charge is 0.257 e. The number of carbonyl (C=O) groups excluding carboxylic acids is 1. The summed E-state index contributed by atoms with van der Waals surface area (Å²) in [5.41, 5.74) is 2.00. The van der Waals surface area contributed by atoms with Crippen LogP contribution in [0.2, 0.25) is 0 Å². The molecule has 0 unspecified atom stereocenters. The molecule has 1 amide bonds. The second kappa shape index (κ2) is 10.1. The molecule has 180 valence electrons. The lowest BCUT2D eigenvalue weighted by atomic mass is 10.0.